The molecule has 1 aromatic carbocycles. The second-order valence-electron chi connectivity index (χ2n) is 11.7. The van der Waals surface area contributed by atoms with Gasteiger partial charge in [-0.2, -0.15) is 0 Å². The highest BCUT2D eigenvalue weighted by Gasteiger charge is 2.22. The summed E-state index contributed by atoms with van der Waals surface area (Å²) in [5.41, 5.74) is 3.90. The summed E-state index contributed by atoms with van der Waals surface area (Å²) in [6, 6.07) is 12.6. The number of hydrogen-bond acceptors (Lipinski definition) is 9. The zero-order valence-corrected chi connectivity index (χ0v) is 27.7. The van der Waals surface area contributed by atoms with Gasteiger partial charge in [0.25, 0.3) is 0 Å². The number of halogens is 3. The first-order valence-corrected chi connectivity index (χ1v) is 16.4. The standard InChI is InChI=1S/C34H35Cl2FN8O3/c1-48-34-20(16-39-18-22-7-10-28(47)43-22)5-8-25(45-34)23-12-14-40-32(30(23)36)24-3-2-4-26(29(24)35)44-33-31(37)19(11-13-41-33)15-38-17-21-6-9-27(46)42-21/h2-5,8,11-14,21-22,38-39H,6-7,9-10,15-18H2,1H3,(H,41,44)(H,42,46)(H,43,47). The first kappa shape index (κ1) is 33.5. The van der Waals surface area contributed by atoms with Crippen LogP contribution in [0.5, 0.6) is 5.88 Å². The van der Waals surface area contributed by atoms with Crippen LogP contribution in [0.1, 0.15) is 36.8 Å². The minimum absolute atomic E-state index is 0.0224. The van der Waals surface area contributed by atoms with Crippen LogP contribution in [0.15, 0.2) is 54.9 Å². The van der Waals surface area contributed by atoms with E-state index in [4.69, 9.17) is 32.9 Å². The maximum Gasteiger partial charge on any atom is 0.220 e. The Bertz CT molecular complexity index is 1830. The number of anilines is 2. The van der Waals surface area contributed by atoms with Crippen LogP contribution in [0.3, 0.4) is 0 Å². The Hall–Kier alpha value is -4.36. The predicted octanol–water partition coefficient (Wildman–Crippen LogP) is 5.14. The highest BCUT2D eigenvalue weighted by atomic mass is 35.5. The van der Waals surface area contributed by atoms with Crippen molar-refractivity contribution in [3.05, 3.63) is 81.8 Å². The van der Waals surface area contributed by atoms with Crippen LogP contribution in [0.4, 0.5) is 15.9 Å². The number of nitrogens with one attached hydrogen (secondary N) is 5. The molecule has 2 fully saturated rings. The van der Waals surface area contributed by atoms with Crippen LogP contribution in [-0.4, -0.2) is 59.0 Å². The third-order valence-electron chi connectivity index (χ3n) is 8.36. The van der Waals surface area contributed by atoms with E-state index in [1.54, 1.807) is 43.6 Å². The van der Waals surface area contributed by atoms with Gasteiger partial charge in [0.2, 0.25) is 17.7 Å². The molecule has 0 aliphatic carbocycles. The number of nitrogens with zero attached hydrogens (tertiary/aromatic N) is 3. The minimum atomic E-state index is -0.510. The molecule has 4 aromatic rings. The van der Waals surface area contributed by atoms with Crippen LogP contribution >= 0.6 is 23.2 Å². The lowest BCUT2D eigenvalue weighted by atomic mass is 10.1. The second kappa shape index (κ2) is 15.2. The minimum Gasteiger partial charge on any atom is -0.481 e. The summed E-state index contributed by atoms with van der Waals surface area (Å²) in [5, 5.41) is 16.1. The number of amides is 2. The Morgan fingerprint density at radius 3 is 2.21 bits per heavy atom. The van der Waals surface area contributed by atoms with E-state index in [-0.39, 0.29) is 41.3 Å². The molecule has 2 aliphatic rings. The molecule has 2 saturated heterocycles. The smallest absolute Gasteiger partial charge is 0.220 e. The highest BCUT2D eigenvalue weighted by Crippen LogP contribution is 2.41. The molecule has 2 atom stereocenters. The van der Waals surface area contributed by atoms with E-state index >= 15 is 4.39 Å². The van der Waals surface area contributed by atoms with Crippen LogP contribution in [0, 0.1) is 5.82 Å². The predicted molar refractivity (Wildman–Crippen MR) is 183 cm³/mol. The van der Waals surface area contributed by atoms with E-state index in [0.717, 1.165) is 18.4 Å². The molecule has 48 heavy (non-hydrogen) atoms. The number of carbonyl (C=O) groups is 2. The Kier molecular flexibility index (Phi) is 10.7. The van der Waals surface area contributed by atoms with Crippen molar-refractivity contribution >= 4 is 46.5 Å². The Morgan fingerprint density at radius 2 is 1.54 bits per heavy atom. The molecule has 5 N–H and O–H groups in total. The van der Waals surface area contributed by atoms with Crippen LogP contribution in [-0.2, 0) is 22.7 Å². The molecule has 2 aliphatic heterocycles. The molecule has 6 rings (SSSR count). The molecule has 2 amide bonds. The van der Waals surface area contributed by atoms with Gasteiger partial charge >= 0.3 is 0 Å². The Labute approximate surface area is 287 Å². The maximum absolute atomic E-state index is 15.5. The molecule has 0 bridgehead atoms. The van der Waals surface area contributed by atoms with Crippen molar-refractivity contribution in [2.24, 2.45) is 0 Å². The molecule has 11 nitrogen and oxygen atoms in total. The summed E-state index contributed by atoms with van der Waals surface area (Å²) >= 11 is 13.8. The lowest BCUT2D eigenvalue weighted by Gasteiger charge is -2.16. The summed E-state index contributed by atoms with van der Waals surface area (Å²) in [6.07, 6.45) is 5.79. The number of pyridine rings is 3. The van der Waals surface area contributed by atoms with Gasteiger partial charge in [0, 0.05) is 85.8 Å². The normalized spacial score (nSPS) is 17.3. The van der Waals surface area contributed by atoms with Crippen molar-refractivity contribution in [1.82, 2.24) is 36.2 Å². The van der Waals surface area contributed by atoms with Crippen LogP contribution < -0.4 is 31.3 Å². The van der Waals surface area contributed by atoms with Crippen LogP contribution in [0.25, 0.3) is 22.5 Å². The molecule has 0 spiro atoms. The zero-order chi connectivity index (χ0) is 33.6. The Morgan fingerprint density at radius 1 is 0.854 bits per heavy atom. The van der Waals surface area contributed by atoms with Crippen molar-refractivity contribution in [2.45, 2.75) is 50.9 Å². The summed E-state index contributed by atoms with van der Waals surface area (Å²) in [6.45, 7) is 1.98. The van der Waals surface area contributed by atoms with Gasteiger partial charge in [0.1, 0.15) is 0 Å². The number of hydrogen-bond donors (Lipinski definition) is 5. The second-order valence-corrected chi connectivity index (χ2v) is 12.4. The molecule has 250 valence electrons. The lowest BCUT2D eigenvalue weighted by Crippen LogP contribution is -2.35. The molecule has 0 saturated carbocycles. The van der Waals surface area contributed by atoms with Crippen molar-refractivity contribution in [1.29, 1.82) is 0 Å². The van der Waals surface area contributed by atoms with E-state index in [1.807, 2.05) is 12.1 Å². The fourth-order valence-corrected chi connectivity index (χ4v) is 6.40. The average molecular weight is 694 g/mol. The third kappa shape index (κ3) is 7.68. The fraction of sp³-hybridized carbons (Fsp3) is 0.324. The topological polar surface area (TPSA) is 142 Å². The monoisotopic (exact) mass is 692 g/mol. The van der Waals surface area contributed by atoms with E-state index in [9.17, 15) is 9.59 Å². The van der Waals surface area contributed by atoms with Gasteiger partial charge in [-0.15, -0.1) is 0 Å². The summed E-state index contributed by atoms with van der Waals surface area (Å²) in [5.74, 6) is 0.0796. The Balaban J connectivity index is 1.17. The fourth-order valence-electron chi connectivity index (χ4n) is 5.83. The molecular formula is C34H35Cl2FN8O3. The van der Waals surface area contributed by atoms with E-state index < -0.39 is 5.82 Å². The number of carbonyl (C=O) groups excluding carboxylic acids is 2. The molecular weight excluding hydrogens is 658 g/mol. The summed E-state index contributed by atoms with van der Waals surface area (Å²) in [4.78, 5) is 36.4. The van der Waals surface area contributed by atoms with Crippen molar-refractivity contribution in [3.63, 3.8) is 0 Å². The van der Waals surface area contributed by atoms with Gasteiger partial charge in [0.05, 0.1) is 34.2 Å². The quantitative estimate of drug-likeness (QED) is 0.129. The van der Waals surface area contributed by atoms with Crippen molar-refractivity contribution < 1.29 is 18.7 Å². The van der Waals surface area contributed by atoms with Gasteiger partial charge in [-0.05, 0) is 37.1 Å². The third-order valence-corrected chi connectivity index (χ3v) is 9.15. The van der Waals surface area contributed by atoms with Gasteiger partial charge < -0.3 is 31.3 Å². The van der Waals surface area contributed by atoms with E-state index in [0.29, 0.717) is 77.1 Å². The molecule has 14 heteroatoms. The average Bonchev–Trinajstić information content (AvgIpc) is 3.70. The number of benzene rings is 1. The zero-order valence-electron chi connectivity index (χ0n) is 26.2. The first-order valence-electron chi connectivity index (χ1n) is 15.7. The van der Waals surface area contributed by atoms with E-state index in [2.05, 4.69) is 36.6 Å². The van der Waals surface area contributed by atoms with E-state index in [1.165, 1.54) is 6.20 Å². The number of ether oxygens (including phenoxy) is 1. The van der Waals surface area contributed by atoms with Gasteiger partial charge in [0.15, 0.2) is 11.6 Å². The molecule has 5 heterocycles. The first-order chi connectivity index (χ1) is 23.3. The van der Waals surface area contributed by atoms with Gasteiger partial charge in [-0.3, -0.25) is 14.6 Å². The summed E-state index contributed by atoms with van der Waals surface area (Å²) in [7, 11) is 1.56. The SMILES string of the molecule is COc1nc(-c2ccnc(-c3cccc(Nc4nccc(CNCC5CCC(=O)N5)c4F)c3Cl)c2Cl)ccc1CNCC1CCC(=O)N1. The molecule has 0 radical (unpaired) electrons. The lowest BCUT2D eigenvalue weighted by molar-refractivity contribution is -0.120. The van der Waals surface area contributed by atoms with Crippen molar-refractivity contribution in [2.75, 3.05) is 25.5 Å². The van der Waals surface area contributed by atoms with Gasteiger partial charge in [-0.1, -0.05) is 41.4 Å². The highest BCUT2D eigenvalue weighted by molar-refractivity contribution is 6.39. The maximum atomic E-state index is 15.5. The number of aromatic nitrogens is 3. The van der Waals surface area contributed by atoms with Gasteiger partial charge in [-0.25, -0.2) is 14.4 Å². The largest absolute Gasteiger partial charge is 0.481 e. The summed E-state index contributed by atoms with van der Waals surface area (Å²) < 4.78 is 21.1. The molecule has 3 aromatic heterocycles. The van der Waals surface area contributed by atoms with Crippen molar-refractivity contribution in [3.8, 4) is 28.4 Å². The van der Waals surface area contributed by atoms with Crippen LogP contribution in [0.2, 0.25) is 10.0 Å². The number of methoxy groups -OCH3 is 1. The molecule has 2 unspecified atom stereocenters. The number of rotatable bonds is 13.